The number of rotatable bonds is 4. The molecule has 2 rings (SSSR count). The number of fused-ring (bicyclic) bond motifs is 1. The average molecular weight is 235 g/mol. The van der Waals surface area contributed by atoms with Crippen LogP contribution in [0, 0.1) is 0 Å². The predicted octanol–water partition coefficient (Wildman–Crippen LogP) is 2.17. The predicted molar refractivity (Wildman–Crippen MR) is 68.1 cm³/mol. The highest BCUT2D eigenvalue weighted by Gasteiger charge is 2.20. The fourth-order valence-corrected chi connectivity index (χ4v) is 2.29. The minimum Gasteiger partial charge on any atom is -0.491 e. The zero-order valence-corrected chi connectivity index (χ0v) is 10.4. The molecule has 1 aromatic rings. The van der Waals surface area contributed by atoms with Crippen molar-refractivity contribution in [1.29, 1.82) is 0 Å². The number of benzene rings is 1. The molecule has 3 heteroatoms. The minimum absolute atomic E-state index is 0.137. The summed E-state index contributed by atoms with van der Waals surface area (Å²) in [5, 5.41) is 9.53. The Bertz CT molecular complexity index is 378. The summed E-state index contributed by atoms with van der Waals surface area (Å²) in [5.41, 5.74) is 8.53. The van der Waals surface area contributed by atoms with Crippen molar-refractivity contribution in [3.8, 4) is 5.75 Å². The van der Waals surface area contributed by atoms with E-state index in [1.807, 2.05) is 19.1 Å². The number of ether oxygens (including phenoxy) is 1. The zero-order chi connectivity index (χ0) is 12.3. The molecule has 0 aromatic heterocycles. The summed E-state index contributed by atoms with van der Waals surface area (Å²) in [6, 6.07) is 6.18. The highest BCUT2D eigenvalue weighted by molar-refractivity contribution is 5.43. The number of hydrogen-bond donors (Lipinski definition) is 2. The van der Waals surface area contributed by atoms with Crippen LogP contribution >= 0.6 is 0 Å². The normalized spacial score (nSPS) is 20.8. The molecule has 94 valence electrons. The summed E-state index contributed by atoms with van der Waals surface area (Å²) in [5.74, 6) is 0.894. The molecule has 0 heterocycles. The monoisotopic (exact) mass is 235 g/mol. The first-order valence-electron chi connectivity index (χ1n) is 6.40. The average Bonchev–Trinajstić information content (AvgIpc) is 2.36. The van der Waals surface area contributed by atoms with Crippen LogP contribution in [0.4, 0.5) is 0 Å². The van der Waals surface area contributed by atoms with Crippen molar-refractivity contribution < 1.29 is 9.84 Å². The first-order chi connectivity index (χ1) is 8.22. The van der Waals surface area contributed by atoms with Gasteiger partial charge in [0.15, 0.2) is 0 Å². The first kappa shape index (κ1) is 12.4. The van der Waals surface area contributed by atoms with Gasteiger partial charge in [0, 0.05) is 6.04 Å². The van der Waals surface area contributed by atoms with E-state index in [4.69, 9.17) is 10.5 Å². The van der Waals surface area contributed by atoms with Gasteiger partial charge in [-0.3, -0.25) is 0 Å². The third-order valence-electron chi connectivity index (χ3n) is 3.41. The van der Waals surface area contributed by atoms with Crippen LogP contribution < -0.4 is 10.5 Å². The molecule has 0 amide bonds. The van der Waals surface area contributed by atoms with Gasteiger partial charge in [-0.25, -0.2) is 0 Å². The summed E-state index contributed by atoms with van der Waals surface area (Å²) < 4.78 is 5.70. The molecule has 0 radical (unpaired) electrons. The van der Waals surface area contributed by atoms with Gasteiger partial charge in [0.2, 0.25) is 0 Å². The molecular weight excluding hydrogens is 214 g/mol. The number of hydrogen-bond acceptors (Lipinski definition) is 3. The van der Waals surface area contributed by atoms with Gasteiger partial charge in [0.1, 0.15) is 12.4 Å². The van der Waals surface area contributed by atoms with E-state index in [-0.39, 0.29) is 12.1 Å². The van der Waals surface area contributed by atoms with Gasteiger partial charge < -0.3 is 15.6 Å². The summed E-state index contributed by atoms with van der Waals surface area (Å²) >= 11 is 0. The molecule has 0 fully saturated rings. The molecule has 0 saturated heterocycles. The van der Waals surface area contributed by atoms with Crippen molar-refractivity contribution in [1.82, 2.24) is 0 Å². The SMILES string of the molecule is CCC(O)COc1cccc2c1CCCC2N. The Morgan fingerprint density at radius 2 is 2.35 bits per heavy atom. The Hall–Kier alpha value is -1.06. The fourth-order valence-electron chi connectivity index (χ4n) is 2.29. The van der Waals surface area contributed by atoms with E-state index < -0.39 is 0 Å². The van der Waals surface area contributed by atoms with Gasteiger partial charge in [-0.2, -0.15) is 0 Å². The standard InChI is InChI=1S/C14H21NO2/c1-2-10(16)9-17-14-8-4-5-11-12(14)6-3-7-13(11)15/h4-5,8,10,13,16H,2-3,6-7,9,15H2,1H3. The minimum atomic E-state index is -0.386. The summed E-state index contributed by atoms with van der Waals surface area (Å²) in [6.07, 6.45) is 3.53. The maximum Gasteiger partial charge on any atom is 0.122 e. The Labute approximate surface area is 103 Å². The van der Waals surface area contributed by atoms with Gasteiger partial charge in [0.05, 0.1) is 6.10 Å². The van der Waals surface area contributed by atoms with E-state index in [0.29, 0.717) is 13.0 Å². The lowest BCUT2D eigenvalue weighted by atomic mass is 9.87. The van der Waals surface area contributed by atoms with Crippen LogP contribution in [-0.4, -0.2) is 17.8 Å². The van der Waals surface area contributed by atoms with Crippen LogP contribution in [0.25, 0.3) is 0 Å². The van der Waals surface area contributed by atoms with Gasteiger partial charge in [0.25, 0.3) is 0 Å². The molecule has 1 aliphatic carbocycles. The van der Waals surface area contributed by atoms with Crippen molar-refractivity contribution in [2.75, 3.05) is 6.61 Å². The lowest BCUT2D eigenvalue weighted by molar-refractivity contribution is 0.103. The van der Waals surface area contributed by atoms with Crippen molar-refractivity contribution >= 4 is 0 Å². The van der Waals surface area contributed by atoms with Crippen LogP contribution in [0.15, 0.2) is 18.2 Å². The van der Waals surface area contributed by atoms with Gasteiger partial charge in [-0.15, -0.1) is 0 Å². The molecule has 0 aliphatic heterocycles. The lowest BCUT2D eigenvalue weighted by Gasteiger charge is -2.24. The second kappa shape index (κ2) is 5.52. The first-order valence-corrected chi connectivity index (χ1v) is 6.40. The molecule has 3 N–H and O–H groups in total. The smallest absolute Gasteiger partial charge is 0.122 e. The van der Waals surface area contributed by atoms with Crippen molar-refractivity contribution in [3.63, 3.8) is 0 Å². The summed E-state index contributed by atoms with van der Waals surface area (Å²) in [4.78, 5) is 0. The topological polar surface area (TPSA) is 55.5 Å². The number of aliphatic hydroxyl groups excluding tert-OH is 1. The van der Waals surface area contributed by atoms with Crippen molar-refractivity contribution in [2.45, 2.75) is 44.8 Å². The van der Waals surface area contributed by atoms with E-state index >= 15 is 0 Å². The van der Waals surface area contributed by atoms with Crippen molar-refractivity contribution in [2.24, 2.45) is 5.73 Å². The summed E-state index contributed by atoms with van der Waals surface area (Å²) in [6.45, 7) is 2.31. The van der Waals surface area contributed by atoms with Crippen LogP contribution in [-0.2, 0) is 6.42 Å². The highest BCUT2D eigenvalue weighted by atomic mass is 16.5. The molecular formula is C14H21NO2. The Balaban J connectivity index is 2.15. The molecule has 1 aliphatic rings. The zero-order valence-electron chi connectivity index (χ0n) is 10.4. The highest BCUT2D eigenvalue weighted by Crippen LogP contribution is 2.34. The van der Waals surface area contributed by atoms with E-state index in [2.05, 4.69) is 6.07 Å². The third-order valence-corrected chi connectivity index (χ3v) is 3.41. The molecule has 3 nitrogen and oxygen atoms in total. The van der Waals surface area contributed by atoms with Crippen molar-refractivity contribution in [3.05, 3.63) is 29.3 Å². The fraction of sp³-hybridized carbons (Fsp3) is 0.571. The molecule has 1 aromatic carbocycles. The van der Waals surface area contributed by atoms with Gasteiger partial charge >= 0.3 is 0 Å². The molecule has 0 bridgehead atoms. The molecule has 2 atom stereocenters. The second-order valence-corrected chi connectivity index (χ2v) is 4.70. The molecule has 0 spiro atoms. The summed E-state index contributed by atoms with van der Waals surface area (Å²) in [7, 11) is 0. The van der Waals surface area contributed by atoms with E-state index in [9.17, 15) is 5.11 Å². The molecule has 2 unspecified atom stereocenters. The van der Waals surface area contributed by atoms with E-state index in [1.54, 1.807) is 0 Å². The van der Waals surface area contributed by atoms with E-state index in [0.717, 1.165) is 25.0 Å². The van der Waals surface area contributed by atoms with E-state index in [1.165, 1.54) is 11.1 Å². The molecule has 17 heavy (non-hydrogen) atoms. The Morgan fingerprint density at radius 3 is 3.12 bits per heavy atom. The maximum atomic E-state index is 9.53. The van der Waals surface area contributed by atoms with Crippen LogP contribution in [0.5, 0.6) is 5.75 Å². The van der Waals surface area contributed by atoms with Crippen LogP contribution in [0.1, 0.15) is 43.4 Å². The molecule has 0 saturated carbocycles. The third kappa shape index (κ3) is 2.79. The largest absolute Gasteiger partial charge is 0.491 e. The maximum absolute atomic E-state index is 9.53. The van der Waals surface area contributed by atoms with Crippen LogP contribution in [0.2, 0.25) is 0 Å². The number of nitrogens with two attached hydrogens (primary N) is 1. The van der Waals surface area contributed by atoms with Crippen LogP contribution in [0.3, 0.4) is 0 Å². The van der Waals surface area contributed by atoms with Gasteiger partial charge in [-0.1, -0.05) is 19.1 Å². The Morgan fingerprint density at radius 1 is 1.53 bits per heavy atom. The van der Waals surface area contributed by atoms with Gasteiger partial charge in [-0.05, 0) is 42.9 Å². The quantitative estimate of drug-likeness (QED) is 0.841. The Kier molecular flexibility index (Phi) is 4.02. The second-order valence-electron chi connectivity index (χ2n) is 4.70. The lowest BCUT2D eigenvalue weighted by Crippen LogP contribution is -2.20. The number of aliphatic hydroxyl groups is 1.